The van der Waals surface area contributed by atoms with Gasteiger partial charge in [-0.25, -0.2) is 0 Å². The summed E-state index contributed by atoms with van der Waals surface area (Å²) in [5.74, 6) is 1.99. The van der Waals surface area contributed by atoms with Crippen LogP contribution in [0.3, 0.4) is 0 Å². The molecule has 0 saturated carbocycles. The quantitative estimate of drug-likeness (QED) is 0.404. The van der Waals surface area contributed by atoms with Crippen LogP contribution in [0, 0.1) is 0 Å². The standard InChI is InChI=1S/C19H15BrN4O3S/c20-14-6-1-2-7-15(14)21-17(25)12-28-19-23-22-18(16-8-4-10-27-16)24(19)11-13-5-3-9-26-13/h1-10H,11-12H2,(H,21,25). The fraction of sp³-hybridized carbons (Fsp3) is 0.105. The molecule has 7 nitrogen and oxygen atoms in total. The van der Waals surface area contributed by atoms with E-state index in [-0.39, 0.29) is 11.7 Å². The van der Waals surface area contributed by atoms with Crippen LogP contribution in [0.5, 0.6) is 0 Å². The number of benzene rings is 1. The highest BCUT2D eigenvalue weighted by Crippen LogP contribution is 2.26. The van der Waals surface area contributed by atoms with Crippen LogP contribution in [0.1, 0.15) is 5.76 Å². The summed E-state index contributed by atoms with van der Waals surface area (Å²) in [6.07, 6.45) is 3.20. The third kappa shape index (κ3) is 4.20. The van der Waals surface area contributed by atoms with Crippen LogP contribution in [0.15, 0.2) is 79.5 Å². The zero-order valence-corrected chi connectivity index (χ0v) is 16.9. The maximum absolute atomic E-state index is 12.4. The van der Waals surface area contributed by atoms with E-state index < -0.39 is 0 Å². The first-order valence-electron chi connectivity index (χ1n) is 8.37. The van der Waals surface area contributed by atoms with E-state index in [1.807, 2.05) is 47.0 Å². The number of halogens is 1. The Morgan fingerprint density at radius 3 is 2.64 bits per heavy atom. The number of hydrogen-bond acceptors (Lipinski definition) is 6. The van der Waals surface area contributed by atoms with Crippen molar-refractivity contribution in [1.82, 2.24) is 14.8 Å². The molecule has 1 amide bonds. The van der Waals surface area contributed by atoms with Crippen LogP contribution in [-0.4, -0.2) is 26.4 Å². The van der Waals surface area contributed by atoms with E-state index in [9.17, 15) is 4.79 Å². The lowest BCUT2D eigenvalue weighted by Gasteiger charge is -2.09. The SMILES string of the molecule is O=C(CSc1nnc(-c2ccco2)n1Cc1ccco1)Nc1ccccc1Br. The number of rotatable bonds is 7. The number of hydrogen-bond donors (Lipinski definition) is 1. The van der Waals surface area contributed by atoms with Crippen molar-refractivity contribution in [2.24, 2.45) is 0 Å². The lowest BCUT2D eigenvalue weighted by Crippen LogP contribution is -2.15. The summed E-state index contributed by atoms with van der Waals surface area (Å²) < 4.78 is 13.6. The Kier molecular flexibility index (Phi) is 5.63. The van der Waals surface area contributed by atoms with E-state index >= 15 is 0 Å². The van der Waals surface area contributed by atoms with Gasteiger partial charge in [0, 0.05) is 4.47 Å². The van der Waals surface area contributed by atoms with Gasteiger partial charge in [0.05, 0.1) is 30.5 Å². The highest BCUT2D eigenvalue weighted by molar-refractivity contribution is 9.10. The molecule has 9 heteroatoms. The van der Waals surface area contributed by atoms with Crippen molar-refractivity contribution in [1.29, 1.82) is 0 Å². The minimum absolute atomic E-state index is 0.135. The Balaban J connectivity index is 1.51. The van der Waals surface area contributed by atoms with Gasteiger partial charge in [-0.15, -0.1) is 10.2 Å². The average molecular weight is 459 g/mol. The Hall–Kier alpha value is -2.78. The molecular formula is C19H15BrN4O3S. The van der Waals surface area contributed by atoms with Gasteiger partial charge in [-0.3, -0.25) is 9.36 Å². The third-order valence-electron chi connectivity index (χ3n) is 3.83. The van der Waals surface area contributed by atoms with Crippen molar-refractivity contribution in [3.05, 3.63) is 71.3 Å². The molecule has 0 atom stereocenters. The zero-order valence-electron chi connectivity index (χ0n) is 14.5. The molecule has 0 aliphatic rings. The summed E-state index contributed by atoms with van der Waals surface area (Å²) in [5.41, 5.74) is 0.724. The first-order valence-corrected chi connectivity index (χ1v) is 10.1. The van der Waals surface area contributed by atoms with E-state index in [4.69, 9.17) is 8.83 Å². The second kappa shape index (κ2) is 8.49. The summed E-state index contributed by atoms with van der Waals surface area (Å²) in [6.45, 7) is 0.435. The molecular weight excluding hydrogens is 444 g/mol. The fourth-order valence-electron chi connectivity index (χ4n) is 2.56. The molecule has 0 aliphatic heterocycles. The molecule has 3 heterocycles. The molecule has 0 radical (unpaired) electrons. The number of furan rings is 2. The predicted molar refractivity (Wildman–Crippen MR) is 109 cm³/mol. The first kappa shape index (κ1) is 18.6. The van der Waals surface area contributed by atoms with Gasteiger partial charge in [0.2, 0.25) is 11.7 Å². The van der Waals surface area contributed by atoms with Gasteiger partial charge >= 0.3 is 0 Å². The highest BCUT2D eigenvalue weighted by atomic mass is 79.9. The van der Waals surface area contributed by atoms with Crippen molar-refractivity contribution < 1.29 is 13.6 Å². The van der Waals surface area contributed by atoms with Crippen molar-refractivity contribution in [3.63, 3.8) is 0 Å². The molecule has 0 spiro atoms. The number of carbonyl (C=O) groups excluding carboxylic acids is 1. The minimum Gasteiger partial charge on any atom is -0.467 e. The Labute approximate surface area is 173 Å². The molecule has 1 N–H and O–H groups in total. The Morgan fingerprint density at radius 1 is 1.07 bits per heavy atom. The fourth-order valence-corrected chi connectivity index (χ4v) is 3.69. The number of aromatic nitrogens is 3. The number of nitrogens with zero attached hydrogens (tertiary/aromatic N) is 3. The summed E-state index contributed by atoms with van der Waals surface area (Å²) >= 11 is 4.72. The zero-order chi connectivity index (χ0) is 19.3. The minimum atomic E-state index is -0.135. The lowest BCUT2D eigenvalue weighted by atomic mass is 10.3. The molecule has 142 valence electrons. The number of thioether (sulfide) groups is 1. The number of amides is 1. The maximum Gasteiger partial charge on any atom is 0.234 e. The monoisotopic (exact) mass is 458 g/mol. The smallest absolute Gasteiger partial charge is 0.234 e. The second-order valence-electron chi connectivity index (χ2n) is 5.77. The van der Waals surface area contributed by atoms with Crippen LogP contribution in [-0.2, 0) is 11.3 Å². The summed E-state index contributed by atoms with van der Waals surface area (Å²) in [7, 11) is 0. The van der Waals surface area contributed by atoms with E-state index in [1.54, 1.807) is 18.6 Å². The Morgan fingerprint density at radius 2 is 1.89 bits per heavy atom. The van der Waals surface area contributed by atoms with Crippen LogP contribution in [0.25, 0.3) is 11.6 Å². The Bertz CT molecular complexity index is 1060. The van der Waals surface area contributed by atoms with Gasteiger partial charge in [0.25, 0.3) is 0 Å². The van der Waals surface area contributed by atoms with Crippen molar-refractivity contribution in [2.45, 2.75) is 11.7 Å². The first-order chi connectivity index (χ1) is 13.7. The molecule has 4 aromatic rings. The third-order valence-corrected chi connectivity index (χ3v) is 5.49. The predicted octanol–water partition coefficient (Wildman–Crippen LogP) is 4.67. The van der Waals surface area contributed by atoms with E-state index in [0.717, 1.165) is 15.9 Å². The van der Waals surface area contributed by atoms with Gasteiger partial charge in [0.1, 0.15) is 5.76 Å². The summed E-state index contributed by atoms with van der Waals surface area (Å²) in [6, 6.07) is 14.8. The van der Waals surface area contributed by atoms with Crippen LogP contribution >= 0.6 is 27.7 Å². The summed E-state index contributed by atoms with van der Waals surface area (Å²) in [4.78, 5) is 12.4. The van der Waals surface area contributed by atoms with Crippen molar-refractivity contribution >= 4 is 39.3 Å². The molecule has 4 rings (SSSR count). The second-order valence-corrected chi connectivity index (χ2v) is 7.56. The number of para-hydroxylation sites is 1. The van der Waals surface area contributed by atoms with E-state index in [2.05, 4.69) is 31.4 Å². The number of nitrogens with one attached hydrogen (secondary N) is 1. The van der Waals surface area contributed by atoms with Crippen molar-refractivity contribution in [3.8, 4) is 11.6 Å². The van der Waals surface area contributed by atoms with Gasteiger partial charge in [-0.2, -0.15) is 0 Å². The van der Waals surface area contributed by atoms with Gasteiger partial charge in [0.15, 0.2) is 10.9 Å². The number of anilines is 1. The molecule has 0 fully saturated rings. The van der Waals surface area contributed by atoms with Crippen LogP contribution in [0.4, 0.5) is 5.69 Å². The van der Waals surface area contributed by atoms with Gasteiger partial charge in [-0.05, 0) is 52.3 Å². The lowest BCUT2D eigenvalue weighted by molar-refractivity contribution is -0.113. The van der Waals surface area contributed by atoms with Crippen LogP contribution in [0.2, 0.25) is 0 Å². The average Bonchev–Trinajstić information content (AvgIpc) is 3.44. The molecule has 0 unspecified atom stereocenters. The number of carbonyl (C=O) groups is 1. The molecule has 28 heavy (non-hydrogen) atoms. The normalized spacial score (nSPS) is 10.9. The largest absolute Gasteiger partial charge is 0.467 e. The molecule has 0 aliphatic carbocycles. The topological polar surface area (TPSA) is 86.1 Å². The van der Waals surface area contributed by atoms with Crippen LogP contribution < -0.4 is 5.32 Å². The molecule has 0 bridgehead atoms. The molecule has 0 saturated heterocycles. The van der Waals surface area contributed by atoms with Crippen molar-refractivity contribution in [2.75, 3.05) is 11.1 Å². The van der Waals surface area contributed by atoms with E-state index in [0.29, 0.717) is 23.3 Å². The van der Waals surface area contributed by atoms with E-state index in [1.165, 1.54) is 11.8 Å². The molecule has 3 aromatic heterocycles. The molecule has 1 aromatic carbocycles. The highest BCUT2D eigenvalue weighted by Gasteiger charge is 2.18. The summed E-state index contributed by atoms with van der Waals surface area (Å²) in [5, 5.41) is 11.9. The van der Waals surface area contributed by atoms with Gasteiger partial charge < -0.3 is 14.2 Å². The van der Waals surface area contributed by atoms with Gasteiger partial charge in [-0.1, -0.05) is 23.9 Å². The maximum atomic E-state index is 12.4.